The summed E-state index contributed by atoms with van der Waals surface area (Å²) in [6.45, 7) is 1.07. The van der Waals surface area contributed by atoms with Crippen LogP contribution < -0.4 is 25.4 Å². The van der Waals surface area contributed by atoms with Gasteiger partial charge in [0.2, 0.25) is 5.91 Å². The van der Waals surface area contributed by atoms with Crippen LogP contribution in [-0.2, 0) is 4.79 Å². The number of hydrogen-bond acceptors (Lipinski definition) is 7. The van der Waals surface area contributed by atoms with Gasteiger partial charge >= 0.3 is 0 Å². The molecule has 1 aliphatic heterocycles. The molecule has 1 unspecified atom stereocenters. The third-order valence-electron chi connectivity index (χ3n) is 5.03. The highest BCUT2D eigenvalue weighted by Crippen LogP contribution is 2.33. The van der Waals surface area contributed by atoms with Gasteiger partial charge in [0, 0.05) is 17.1 Å². The van der Waals surface area contributed by atoms with E-state index in [0.717, 1.165) is 30.5 Å². The average molecular weight is 417 g/mol. The molecule has 0 aliphatic carbocycles. The minimum absolute atomic E-state index is 0.0796. The normalized spacial score (nSPS) is 15.3. The summed E-state index contributed by atoms with van der Waals surface area (Å²) in [6.07, 6.45) is 8.51. The van der Waals surface area contributed by atoms with Crippen LogP contribution in [0.4, 0.5) is 17.2 Å². The number of methoxy groups -OCH3 is 1. The lowest BCUT2D eigenvalue weighted by Crippen LogP contribution is -2.35. The van der Waals surface area contributed by atoms with E-state index in [9.17, 15) is 4.79 Å². The second kappa shape index (κ2) is 9.32. The highest BCUT2D eigenvalue weighted by atomic mass is 16.5. The van der Waals surface area contributed by atoms with Crippen molar-refractivity contribution >= 4 is 34.0 Å². The van der Waals surface area contributed by atoms with Crippen LogP contribution in [-0.4, -0.2) is 42.2 Å². The summed E-state index contributed by atoms with van der Waals surface area (Å²) in [6, 6.07) is 10.8. The molecule has 4 rings (SSSR count). The van der Waals surface area contributed by atoms with Crippen molar-refractivity contribution in [1.29, 1.82) is 0 Å². The zero-order chi connectivity index (χ0) is 21.6. The van der Waals surface area contributed by atoms with Crippen molar-refractivity contribution in [2.45, 2.75) is 18.9 Å². The van der Waals surface area contributed by atoms with E-state index >= 15 is 0 Å². The Labute approximate surface area is 180 Å². The molecule has 1 saturated heterocycles. The number of nitrogens with one attached hydrogen (secondary N) is 3. The van der Waals surface area contributed by atoms with Gasteiger partial charge in [-0.05, 0) is 49.7 Å². The number of carbonyl (C=O) groups is 1. The second-order valence-electron chi connectivity index (χ2n) is 7.07. The van der Waals surface area contributed by atoms with Gasteiger partial charge in [-0.3, -0.25) is 4.79 Å². The number of hydrogen-bond donors (Lipinski definition) is 3. The molecule has 0 radical (unpaired) electrons. The zero-order valence-electron chi connectivity index (χ0n) is 17.1. The minimum atomic E-state index is -0.194. The third kappa shape index (κ3) is 4.68. The van der Waals surface area contributed by atoms with Crippen LogP contribution in [0.3, 0.4) is 0 Å². The fraction of sp³-hybridized carbons (Fsp3) is 0.261. The lowest BCUT2D eigenvalue weighted by Gasteiger charge is -2.16. The van der Waals surface area contributed by atoms with Crippen molar-refractivity contribution in [3.05, 3.63) is 42.7 Å². The van der Waals surface area contributed by atoms with Crippen LogP contribution in [0.15, 0.2) is 42.7 Å². The number of nitrogens with zero attached hydrogens (tertiary/aromatic N) is 2. The van der Waals surface area contributed by atoms with Crippen molar-refractivity contribution in [2.24, 2.45) is 0 Å². The van der Waals surface area contributed by atoms with Gasteiger partial charge in [-0.1, -0.05) is 5.92 Å². The summed E-state index contributed by atoms with van der Waals surface area (Å²) < 4.78 is 10.9. The highest BCUT2D eigenvalue weighted by molar-refractivity contribution is 6.01. The summed E-state index contributed by atoms with van der Waals surface area (Å²) in [4.78, 5) is 21.3. The maximum absolute atomic E-state index is 12.6. The number of carbonyl (C=O) groups excluding carboxylic acids is 1. The molecule has 3 N–H and O–H groups in total. The molecule has 0 bridgehead atoms. The molecular formula is C23H23N5O3. The third-order valence-corrected chi connectivity index (χ3v) is 5.03. The number of fused-ring (bicyclic) bond motifs is 1. The van der Waals surface area contributed by atoms with Gasteiger partial charge in [0.15, 0.2) is 0 Å². The number of ether oxygens (including phenoxy) is 2. The topological polar surface area (TPSA) is 97.4 Å². The predicted molar refractivity (Wildman–Crippen MR) is 120 cm³/mol. The average Bonchev–Trinajstić information content (AvgIpc) is 3.34. The van der Waals surface area contributed by atoms with E-state index in [0.29, 0.717) is 28.5 Å². The quantitative estimate of drug-likeness (QED) is 0.508. The number of benzene rings is 2. The summed E-state index contributed by atoms with van der Waals surface area (Å²) >= 11 is 0. The van der Waals surface area contributed by atoms with Crippen LogP contribution in [0.1, 0.15) is 12.8 Å². The first-order chi connectivity index (χ1) is 15.2. The Balaban J connectivity index is 1.61. The second-order valence-corrected chi connectivity index (χ2v) is 7.07. The molecule has 1 fully saturated rings. The Hall–Kier alpha value is -3.83. The smallest absolute Gasteiger partial charge is 0.241 e. The highest BCUT2D eigenvalue weighted by Gasteiger charge is 2.23. The van der Waals surface area contributed by atoms with Crippen molar-refractivity contribution in [2.75, 3.05) is 30.9 Å². The molecule has 1 aromatic heterocycles. The molecule has 2 heterocycles. The van der Waals surface area contributed by atoms with E-state index in [-0.39, 0.29) is 18.6 Å². The van der Waals surface area contributed by atoms with Crippen molar-refractivity contribution < 1.29 is 14.3 Å². The van der Waals surface area contributed by atoms with Gasteiger partial charge in [0.25, 0.3) is 0 Å². The van der Waals surface area contributed by atoms with E-state index in [4.69, 9.17) is 15.9 Å². The number of anilines is 3. The van der Waals surface area contributed by atoms with Crippen LogP contribution in [0.5, 0.6) is 11.5 Å². The molecule has 0 saturated carbocycles. The number of amides is 1. The van der Waals surface area contributed by atoms with Gasteiger partial charge in [0.05, 0.1) is 24.4 Å². The maximum Gasteiger partial charge on any atom is 0.241 e. The van der Waals surface area contributed by atoms with Crippen molar-refractivity contribution in [1.82, 2.24) is 15.3 Å². The van der Waals surface area contributed by atoms with E-state index in [1.807, 2.05) is 30.3 Å². The van der Waals surface area contributed by atoms with Crippen molar-refractivity contribution in [3.8, 4) is 23.8 Å². The summed E-state index contributed by atoms with van der Waals surface area (Å²) in [7, 11) is 1.56. The predicted octanol–water partition coefficient (Wildman–Crippen LogP) is 3.08. The van der Waals surface area contributed by atoms with Gasteiger partial charge < -0.3 is 25.4 Å². The van der Waals surface area contributed by atoms with E-state index in [1.54, 1.807) is 13.2 Å². The first kappa shape index (κ1) is 20.4. The van der Waals surface area contributed by atoms with Gasteiger partial charge in [-0.2, -0.15) is 0 Å². The van der Waals surface area contributed by atoms with E-state index < -0.39 is 0 Å². The molecule has 1 aliphatic rings. The molecule has 2 aromatic carbocycles. The molecule has 1 amide bonds. The van der Waals surface area contributed by atoms with E-state index in [2.05, 4.69) is 31.8 Å². The Kier molecular flexibility index (Phi) is 6.15. The largest absolute Gasteiger partial charge is 0.494 e. The summed E-state index contributed by atoms with van der Waals surface area (Å²) in [5, 5.41) is 10.2. The number of aromatic nitrogens is 2. The fourth-order valence-electron chi connectivity index (χ4n) is 3.47. The van der Waals surface area contributed by atoms with Crippen LogP contribution in [0.2, 0.25) is 0 Å². The molecular weight excluding hydrogens is 394 g/mol. The summed E-state index contributed by atoms with van der Waals surface area (Å²) in [5.41, 5.74) is 2.09. The van der Waals surface area contributed by atoms with Crippen LogP contribution >= 0.6 is 0 Å². The van der Waals surface area contributed by atoms with Gasteiger partial charge in [-0.15, -0.1) is 6.42 Å². The lowest BCUT2D eigenvalue weighted by molar-refractivity contribution is -0.117. The molecule has 31 heavy (non-hydrogen) atoms. The molecule has 1 atom stereocenters. The monoisotopic (exact) mass is 417 g/mol. The van der Waals surface area contributed by atoms with Crippen molar-refractivity contribution in [3.63, 3.8) is 0 Å². The van der Waals surface area contributed by atoms with Gasteiger partial charge in [-0.25, -0.2) is 9.97 Å². The Morgan fingerprint density at radius 1 is 1.29 bits per heavy atom. The first-order valence-electron chi connectivity index (χ1n) is 9.98. The lowest BCUT2D eigenvalue weighted by atomic mass is 10.1. The summed E-state index contributed by atoms with van der Waals surface area (Å²) in [5.74, 6) is 4.20. The SMILES string of the molecule is C#CCOc1ccc(Nc2ncnc3cc(OC)c(NC(=O)C4CCCN4)cc23)cc1. The van der Waals surface area contributed by atoms with Crippen LogP contribution in [0, 0.1) is 12.3 Å². The van der Waals surface area contributed by atoms with Crippen LogP contribution in [0.25, 0.3) is 10.9 Å². The van der Waals surface area contributed by atoms with E-state index in [1.165, 1.54) is 6.33 Å². The minimum Gasteiger partial charge on any atom is -0.494 e. The number of terminal acetylenes is 1. The number of rotatable bonds is 7. The standard InChI is InChI=1S/C23H23N5O3/c1-3-11-31-16-8-6-15(7-9-16)27-22-17-12-20(28-23(29)18-5-4-10-24-18)21(30-2)13-19(17)25-14-26-22/h1,6-9,12-14,18,24H,4-5,10-11H2,2H3,(H,28,29)(H,25,26,27). The maximum atomic E-state index is 12.6. The molecule has 3 aromatic rings. The first-order valence-corrected chi connectivity index (χ1v) is 9.98. The molecule has 0 spiro atoms. The fourth-order valence-corrected chi connectivity index (χ4v) is 3.47. The molecule has 8 heteroatoms. The Morgan fingerprint density at radius 2 is 2.13 bits per heavy atom. The molecule has 158 valence electrons. The zero-order valence-corrected chi connectivity index (χ0v) is 17.1. The van der Waals surface area contributed by atoms with Gasteiger partial charge in [0.1, 0.15) is 30.3 Å². The Morgan fingerprint density at radius 3 is 2.84 bits per heavy atom. The molecule has 8 nitrogen and oxygen atoms in total. The Bertz CT molecular complexity index is 1120.